The Morgan fingerprint density at radius 1 is 1.18 bits per heavy atom. The van der Waals surface area contributed by atoms with Crippen LogP contribution in [0.1, 0.15) is 31.9 Å². The molecule has 3 unspecified atom stereocenters. The number of carbonyl (C=O) groups excluding carboxylic acids is 3. The first-order valence-corrected chi connectivity index (χ1v) is 14.9. The molecule has 2 amide bonds. The van der Waals surface area contributed by atoms with Gasteiger partial charge in [-0.05, 0) is 37.0 Å². The SMILES string of the molecule is C=CCOC(=O)[C@H]1[C@H]2C(=O)N([C@H](CO)c3ccccc3)C(C(=O)N(CC=C)Cn3nnc4ccccc43)C23CC(C)[C@]1(C)O3. The topological polar surface area (TPSA) is 127 Å². The van der Waals surface area contributed by atoms with Crippen molar-refractivity contribution in [3.8, 4) is 0 Å². The average molecular weight is 600 g/mol. The van der Waals surface area contributed by atoms with Gasteiger partial charge in [0.05, 0.1) is 29.7 Å². The highest BCUT2D eigenvalue weighted by Gasteiger charge is 2.80. The summed E-state index contributed by atoms with van der Waals surface area (Å²) in [6.07, 6.45) is 3.46. The lowest BCUT2D eigenvalue weighted by Crippen LogP contribution is -2.57. The van der Waals surface area contributed by atoms with Crippen molar-refractivity contribution in [3.05, 3.63) is 85.5 Å². The Kier molecular flexibility index (Phi) is 7.63. The minimum atomic E-state index is -1.33. The predicted molar refractivity (Wildman–Crippen MR) is 160 cm³/mol. The van der Waals surface area contributed by atoms with E-state index in [0.717, 1.165) is 5.52 Å². The zero-order valence-electron chi connectivity index (χ0n) is 24.9. The first-order valence-electron chi connectivity index (χ1n) is 14.9. The van der Waals surface area contributed by atoms with Crippen LogP contribution in [0.5, 0.6) is 0 Å². The third-order valence-electron chi connectivity index (χ3n) is 9.66. The number of hydrogen-bond donors (Lipinski definition) is 1. The molecule has 6 rings (SSSR count). The minimum Gasteiger partial charge on any atom is -0.461 e. The summed E-state index contributed by atoms with van der Waals surface area (Å²) in [4.78, 5) is 46.2. The smallest absolute Gasteiger partial charge is 0.313 e. The maximum Gasteiger partial charge on any atom is 0.313 e. The predicted octanol–water partition coefficient (Wildman–Crippen LogP) is 2.88. The molecule has 11 nitrogen and oxygen atoms in total. The van der Waals surface area contributed by atoms with E-state index in [1.165, 1.54) is 11.0 Å². The van der Waals surface area contributed by atoms with Crippen molar-refractivity contribution in [2.24, 2.45) is 17.8 Å². The van der Waals surface area contributed by atoms with Crippen molar-refractivity contribution in [1.29, 1.82) is 0 Å². The Morgan fingerprint density at radius 2 is 1.91 bits per heavy atom. The third-order valence-corrected chi connectivity index (χ3v) is 9.66. The summed E-state index contributed by atoms with van der Waals surface area (Å²) >= 11 is 0. The Morgan fingerprint density at radius 3 is 2.61 bits per heavy atom. The number of esters is 1. The summed E-state index contributed by atoms with van der Waals surface area (Å²) in [6.45, 7) is 11.1. The van der Waals surface area contributed by atoms with Gasteiger partial charge in [0.15, 0.2) is 0 Å². The molecule has 3 aromatic rings. The fourth-order valence-corrected chi connectivity index (χ4v) is 7.64. The fraction of sp³-hybridized carbons (Fsp3) is 0.424. The van der Waals surface area contributed by atoms with E-state index in [1.807, 2.05) is 68.4 Å². The number of carbonyl (C=O) groups is 3. The van der Waals surface area contributed by atoms with E-state index in [1.54, 1.807) is 15.7 Å². The number of ether oxygens (including phenoxy) is 2. The Labute approximate surface area is 255 Å². The average Bonchev–Trinajstić information content (AvgIpc) is 3.70. The van der Waals surface area contributed by atoms with Gasteiger partial charge < -0.3 is 24.4 Å². The number of rotatable bonds is 11. The molecule has 7 atom stereocenters. The molecule has 3 aliphatic rings. The zero-order chi connectivity index (χ0) is 31.2. The summed E-state index contributed by atoms with van der Waals surface area (Å²) in [5.41, 5.74) is -0.275. The quantitative estimate of drug-likeness (QED) is 0.263. The van der Waals surface area contributed by atoms with Crippen LogP contribution in [0.4, 0.5) is 0 Å². The second kappa shape index (κ2) is 11.3. The summed E-state index contributed by atoms with van der Waals surface area (Å²) in [6, 6.07) is 14.5. The summed E-state index contributed by atoms with van der Waals surface area (Å²) in [7, 11) is 0. The van der Waals surface area contributed by atoms with Crippen LogP contribution in [0.2, 0.25) is 0 Å². The standard InChI is InChI=1S/C33H37N5O6/c1-5-16-36(20-37-24-15-11-10-14-23(24)34-35-37)30(41)28-33-18-21(3)32(4,44-33)27(31(42)43-17-6-2)26(33)29(40)38(28)25(19-39)22-12-8-7-9-13-22/h5-15,21,25-28,39H,1-2,16-20H2,3-4H3/t21?,25-,26+,27-,28?,32+,33?/m1/s1. The highest BCUT2D eigenvalue weighted by Crippen LogP contribution is 2.66. The van der Waals surface area contributed by atoms with Crippen LogP contribution in [-0.2, 0) is 30.5 Å². The fourth-order valence-electron chi connectivity index (χ4n) is 7.64. The lowest BCUT2D eigenvalue weighted by Gasteiger charge is -2.39. The van der Waals surface area contributed by atoms with Crippen LogP contribution in [0.15, 0.2) is 79.9 Å². The van der Waals surface area contributed by atoms with Gasteiger partial charge in [0, 0.05) is 6.54 Å². The van der Waals surface area contributed by atoms with Crippen molar-refractivity contribution >= 4 is 28.8 Å². The molecule has 11 heteroatoms. The van der Waals surface area contributed by atoms with Gasteiger partial charge in [0.25, 0.3) is 0 Å². The van der Waals surface area contributed by atoms with Gasteiger partial charge in [0.1, 0.15) is 36.4 Å². The van der Waals surface area contributed by atoms with Crippen molar-refractivity contribution in [2.75, 3.05) is 19.8 Å². The lowest BCUT2D eigenvalue weighted by atomic mass is 9.62. The van der Waals surface area contributed by atoms with E-state index < -0.39 is 59.5 Å². The Bertz CT molecular complexity index is 1610. The highest BCUT2D eigenvalue weighted by molar-refractivity contribution is 5.99. The third kappa shape index (κ3) is 4.36. The molecular formula is C33H37N5O6. The summed E-state index contributed by atoms with van der Waals surface area (Å²) in [5, 5.41) is 19.3. The molecule has 0 aliphatic carbocycles. The van der Waals surface area contributed by atoms with Gasteiger partial charge in [-0.15, -0.1) is 11.7 Å². The number of amides is 2. The first kappa shape index (κ1) is 29.7. The van der Waals surface area contributed by atoms with Crippen molar-refractivity contribution < 1.29 is 29.0 Å². The molecule has 3 saturated heterocycles. The highest BCUT2D eigenvalue weighted by atomic mass is 16.6. The van der Waals surface area contributed by atoms with Crippen molar-refractivity contribution in [2.45, 2.75) is 50.2 Å². The molecule has 44 heavy (non-hydrogen) atoms. The number of hydrogen-bond acceptors (Lipinski definition) is 8. The molecule has 0 saturated carbocycles. The summed E-state index contributed by atoms with van der Waals surface area (Å²) < 4.78 is 14.0. The molecule has 1 aromatic heterocycles. The minimum absolute atomic E-state index is 0.0119. The van der Waals surface area contributed by atoms with Gasteiger partial charge in [-0.2, -0.15) is 0 Å². The number of aliphatic hydroxyl groups is 1. The largest absolute Gasteiger partial charge is 0.461 e. The molecule has 3 aliphatic heterocycles. The van der Waals surface area contributed by atoms with Crippen LogP contribution in [0.25, 0.3) is 11.0 Å². The van der Waals surface area contributed by atoms with Crippen LogP contribution < -0.4 is 0 Å². The maximum absolute atomic E-state index is 14.9. The van der Waals surface area contributed by atoms with E-state index >= 15 is 0 Å². The first-order chi connectivity index (χ1) is 21.2. The normalized spacial score (nSPS) is 29.4. The second-order valence-corrected chi connectivity index (χ2v) is 12.0. The van der Waals surface area contributed by atoms with Crippen LogP contribution in [0, 0.1) is 17.8 Å². The molecule has 1 spiro atoms. The molecule has 2 bridgehead atoms. The number of aliphatic hydroxyl groups excluding tert-OH is 1. The Hall–Kier alpha value is -4.35. The van der Waals surface area contributed by atoms with Crippen LogP contribution >= 0.6 is 0 Å². The number of likely N-dealkylation sites (tertiary alicyclic amines) is 1. The van der Waals surface area contributed by atoms with Gasteiger partial charge in [-0.3, -0.25) is 14.4 Å². The Balaban J connectivity index is 1.47. The molecule has 4 heterocycles. The molecule has 3 fully saturated rings. The molecule has 230 valence electrons. The van der Waals surface area contributed by atoms with Gasteiger partial charge >= 0.3 is 5.97 Å². The van der Waals surface area contributed by atoms with E-state index in [0.29, 0.717) is 17.5 Å². The van der Waals surface area contributed by atoms with E-state index in [2.05, 4.69) is 23.5 Å². The second-order valence-electron chi connectivity index (χ2n) is 12.0. The van der Waals surface area contributed by atoms with E-state index in [4.69, 9.17) is 9.47 Å². The van der Waals surface area contributed by atoms with E-state index in [-0.39, 0.29) is 25.7 Å². The number of nitrogens with zero attached hydrogens (tertiary/aromatic N) is 5. The molecule has 1 N–H and O–H groups in total. The number of para-hydroxylation sites is 1. The maximum atomic E-state index is 14.9. The van der Waals surface area contributed by atoms with Gasteiger partial charge in [-0.1, -0.05) is 73.3 Å². The molecule has 2 aromatic carbocycles. The zero-order valence-corrected chi connectivity index (χ0v) is 24.9. The number of benzene rings is 2. The lowest BCUT2D eigenvalue weighted by molar-refractivity contribution is -0.163. The monoisotopic (exact) mass is 599 g/mol. The number of aromatic nitrogens is 3. The van der Waals surface area contributed by atoms with Crippen LogP contribution in [0.3, 0.4) is 0 Å². The van der Waals surface area contributed by atoms with Crippen molar-refractivity contribution in [3.63, 3.8) is 0 Å². The molecular weight excluding hydrogens is 562 g/mol. The van der Waals surface area contributed by atoms with Gasteiger partial charge in [0.2, 0.25) is 11.8 Å². The van der Waals surface area contributed by atoms with Crippen molar-refractivity contribution in [1.82, 2.24) is 24.8 Å². The van der Waals surface area contributed by atoms with Gasteiger partial charge in [-0.25, -0.2) is 4.68 Å². The van der Waals surface area contributed by atoms with Crippen LogP contribution in [-0.4, -0.2) is 84.7 Å². The summed E-state index contributed by atoms with van der Waals surface area (Å²) in [5.74, 6) is -3.48. The number of fused-ring (bicyclic) bond motifs is 2. The molecule has 0 radical (unpaired) electrons. The van der Waals surface area contributed by atoms with E-state index in [9.17, 15) is 19.5 Å².